The standard InChI is InChI=1S/C9H13ClN2OS/c1-2-3-4-6-5-14-8(7(6)10)9(13)12-11/h5H,2-4,11H2,1H3,(H,12,13). The zero-order valence-electron chi connectivity index (χ0n) is 7.97. The highest BCUT2D eigenvalue weighted by molar-refractivity contribution is 7.13. The minimum Gasteiger partial charge on any atom is -0.289 e. The van der Waals surface area contributed by atoms with Gasteiger partial charge in [-0.2, -0.15) is 0 Å². The molecule has 0 aromatic carbocycles. The maximum Gasteiger partial charge on any atom is 0.276 e. The quantitative estimate of drug-likeness (QED) is 0.476. The molecule has 0 aliphatic rings. The first-order chi connectivity index (χ1) is 6.70. The van der Waals surface area contributed by atoms with Gasteiger partial charge in [-0.05, 0) is 23.8 Å². The van der Waals surface area contributed by atoms with E-state index >= 15 is 0 Å². The number of nitrogens with one attached hydrogen (secondary N) is 1. The molecule has 1 aromatic rings. The number of hydrogen-bond acceptors (Lipinski definition) is 3. The van der Waals surface area contributed by atoms with E-state index < -0.39 is 0 Å². The number of hydrazine groups is 1. The Labute approximate surface area is 92.2 Å². The number of carbonyl (C=O) groups excluding carboxylic acids is 1. The summed E-state index contributed by atoms with van der Waals surface area (Å²) < 4.78 is 0. The Balaban J connectivity index is 2.80. The third kappa shape index (κ3) is 2.47. The van der Waals surface area contributed by atoms with Crippen molar-refractivity contribution in [2.45, 2.75) is 26.2 Å². The number of nitrogen functional groups attached to an aromatic ring is 1. The van der Waals surface area contributed by atoms with Gasteiger partial charge >= 0.3 is 0 Å². The summed E-state index contributed by atoms with van der Waals surface area (Å²) in [6.07, 6.45) is 3.12. The lowest BCUT2D eigenvalue weighted by Crippen LogP contribution is -2.29. The topological polar surface area (TPSA) is 55.1 Å². The zero-order chi connectivity index (χ0) is 10.6. The van der Waals surface area contributed by atoms with Gasteiger partial charge in [0.25, 0.3) is 5.91 Å². The first kappa shape index (κ1) is 11.5. The molecule has 0 aliphatic heterocycles. The van der Waals surface area contributed by atoms with Crippen LogP contribution in [0.3, 0.4) is 0 Å². The van der Waals surface area contributed by atoms with Gasteiger partial charge in [0.1, 0.15) is 4.88 Å². The van der Waals surface area contributed by atoms with Crippen LogP contribution in [-0.2, 0) is 6.42 Å². The molecule has 14 heavy (non-hydrogen) atoms. The van der Waals surface area contributed by atoms with Gasteiger partial charge in [0.2, 0.25) is 0 Å². The largest absolute Gasteiger partial charge is 0.289 e. The van der Waals surface area contributed by atoms with Crippen molar-refractivity contribution < 1.29 is 4.79 Å². The SMILES string of the molecule is CCCCc1csc(C(=O)NN)c1Cl. The summed E-state index contributed by atoms with van der Waals surface area (Å²) in [5.74, 6) is 4.71. The lowest BCUT2D eigenvalue weighted by Gasteiger charge is -1.98. The van der Waals surface area contributed by atoms with Crippen LogP contribution < -0.4 is 11.3 Å². The summed E-state index contributed by atoms with van der Waals surface area (Å²) in [6, 6.07) is 0. The van der Waals surface area contributed by atoms with Crippen molar-refractivity contribution in [3.05, 3.63) is 20.8 Å². The van der Waals surface area contributed by atoms with Crippen molar-refractivity contribution >= 4 is 28.8 Å². The van der Waals surface area contributed by atoms with Crippen molar-refractivity contribution in [3.63, 3.8) is 0 Å². The van der Waals surface area contributed by atoms with E-state index in [2.05, 4.69) is 12.3 Å². The van der Waals surface area contributed by atoms with Crippen molar-refractivity contribution in [2.75, 3.05) is 0 Å². The van der Waals surface area contributed by atoms with E-state index in [4.69, 9.17) is 17.4 Å². The van der Waals surface area contributed by atoms with Crippen LogP contribution in [0.1, 0.15) is 35.0 Å². The number of carbonyl (C=O) groups is 1. The molecule has 0 bridgehead atoms. The van der Waals surface area contributed by atoms with E-state index in [-0.39, 0.29) is 5.91 Å². The Morgan fingerprint density at radius 1 is 1.71 bits per heavy atom. The molecule has 0 radical (unpaired) electrons. The number of halogens is 1. The van der Waals surface area contributed by atoms with Crippen LogP contribution in [0.4, 0.5) is 0 Å². The van der Waals surface area contributed by atoms with Gasteiger partial charge in [-0.25, -0.2) is 5.84 Å². The molecule has 1 amide bonds. The molecule has 0 unspecified atom stereocenters. The molecule has 1 heterocycles. The molecule has 3 nitrogen and oxygen atoms in total. The van der Waals surface area contributed by atoms with Gasteiger partial charge in [0.15, 0.2) is 0 Å². The summed E-state index contributed by atoms with van der Waals surface area (Å²) >= 11 is 7.36. The fourth-order valence-electron chi connectivity index (χ4n) is 1.13. The van der Waals surface area contributed by atoms with Gasteiger partial charge in [0.05, 0.1) is 5.02 Å². The summed E-state index contributed by atoms with van der Waals surface area (Å²) in [7, 11) is 0. The zero-order valence-corrected chi connectivity index (χ0v) is 9.54. The normalized spacial score (nSPS) is 10.2. The smallest absolute Gasteiger partial charge is 0.276 e. The molecule has 3 N–H and O–H groups in total. The van der Waals surface area contributed by atoms with Crippen LogP contribution in [0, 0.1) is 0 Å². The average Bonchev–Trinajstić information content (AvgIpc) is 2.56. The second-order valence-corrected chi connectivity index (χ2v) is 4.24. The van der Waals surface area contributed by atoms with Gasteiger partial charge in [-0.15, -0.1) is 11.3 Å². The Morgan fingerprint density at radius 3 is 3.00 bits per heavy atom. The number of thiophene rings is 1. The van der Waals surface area contributed by atoms with E-state index in [0.717, 1.165) is 24.8 Å². The molecule has 1 aromatic heterocycles. The highest BCUT2D eigenvalue weighted by Crippen LogP contribution is 2.28. The van der Waals surface area contributed by atoms with E-state index in [9.17, 15) is 4.79 Å². The fourth-order valence-corrected chi connectivity index (χ4v) is 2.46. The molecule has 0 fully saturated rings. The van der Waals surface area contributed by atoms with Crippen molar-refractivity contribution in [2.24, 2.45) is 5.84 Å². The molecule has 0 saturated carbocycles. The van der Waals surface area contributed by atoms with Gasteiger partial charge in [-0.1, -0.05) is 24.9 Å². The van der Waals surface area contributed by atoms with E-state index in [0.29, 0.717) is 9.90 Å². The number of unbranched alkanes of at least 4 members (excludes halogenated alkanes) is 1. The Kier molecular flexibility index (Phi) is 4.38. The number of aryl methyl sites for hydroxylation is 1. The summed E-state index contributed by atoms with van der Waals surface area (Å²) in [4.78, 5) is 11.7. The molecule has 1 rings (SSSR count). The molecule has 0 spiro atoms. The predicted molar refractivity (Wildman–Crippen MR) is 59.6 cm³/mol. The third-order valence-electron chi connectivity index (χ3n) is 1.94. The van der Waals surface area contributed by atoms with E-state index in [1.165, 1.54) is 11.3 Å². The van der Waals surface area contributed by atoms with E-state index in [1.807, 2.05) is 5.38 Å². The highest BCUT2D eigenvalue weighted by Gasteiger charge is 2.14. The van der Waals surface area contributed by atoms with Crippen LogP contribution in [-0.4, -0.2) is 5.91 Å². The summed E-state index contributed by atoms with van der Waals surface area (Å²) in [6.45, 7) is 2.12. The summed E-state index contributed by atoms with van der Waals surface area (Å²) in [5, 5.41) is 2.47. The Hall–Kier alpha value is -0.580. The molecule has 0 saturated heterocycles. The molecule has 0 aliphatic carbocycles. The van der Waals surface area contributed by atoms with Crippen LogP contribution >= 0.6 is 22.9 Å². The summed E-state index contributed by atoms with van der Waals surface area (Å²) in [5.41, 5.74) is 3.12. The monoisotopic (exact) mass is 232 g/mol. The molecule has 5 heteroatoms. The maximum atomic E-state index is 11.2. The maximum absolute atomic E-state index is 11.2. The van der Waals surface area contributed by atoms with Crippen molar-refractivity contribution in [1.82, 2.24) is 5.43 Å². The Bertz CT molecular complexity index is 325. The second kappa shape index (κ2) is 5.34. The van der Waals surface area contributed by atoms with Crippen molar-refractivity contribution in [1.29, 1.82) is 0 Å². The van der Waals surface area contributed by atoms with Crippen molar-refractivity contribution in [3.8, 4) is 0 Å². The molecular weight excluding hydrogens is 220 g/mol. The van der Waals surface area contributed by atoms with Crippen LogP contribution in [0.2, 0.25) is 5.02 Å². The average molecular weight is 233 g/mol. The number of amides is 1. The number of rotatable bonds is 4. The van der Waals surface area contributed by atoms with Crippen LogP contribution in [0.15, 0.2) is 5.38 Å². The van der Waals surface area contributed by atoms with Gasteiger partial charge < -0.3 is 0 Å². The lowest BCUT2D eigenvalue weighted by atomic mass is 10.1. The van der Waals surface area contributed by atoms with Gasteiger partial charge in [0, 0.05) is 0 Å². The molecule has 0 atom stereocenters. The molecule has 78 valence electrons. The minimum atomic E-state index is -0.317. The number of nitrogens with two attached hydrogens (primary N) is 1. The first-order valence-corrected chi connectivity index (χ1v) is 5.73. The van der Waals surface area contributed by atoms with Gasteiger partial charge in [-0.3, -0.25) is 10.2 Å². The molecular formula is C9H13ClN2OS. The first-order valence-electron chi connectivity index (χ1n) is 4.47. The van der Waals surface area contributed by atoms with E-state index in [1.54, 1.807) is 0 Å². The predicted octanol–water partition coefficient (Wildman–Crippen LogP) is 2.35. The Morgan fingerprint density at radius 2 is 2.43 bits per heavy atom. The minimum absolute atomic E-state index is 0.317. The third-order valence-corrected chi connectivity index (χ3v) is 3.51. The second-order valence-electron chi connectivity index (χ2n) is 2.98. The van der Waals surface area contributed by atoms with Crippen LogP contribution in [0.5, 0.6) is 0 Å². The lowest BCUT2D eigenvalue weighted by molar-refractivity contribution is 0.0958. The highest BCUT2D eigenvalue weighted by atomic mass is 35.5. The van der Waals surface area contributed by atoms with Crippen LogP contribution in [0.25, 0.3) is 0 Å². The number of hydrogen-bond donors (Lipinski definition) is 2. The fraction of sp³-hybridized carbons (Fsp3) is 0.444.